The maximum atomic E-state index is 12.1. The Bertz CT molecular complexity index is 666. The molecule has 0 bridgehead atoms. The number of hydrogen-bond donors (Lipinski definition) is 2. The van der Waals surface area contributed by atoms with Crippen LogP contribution in [-0.2, 0) is 4.79 Å². The van der Waals surface area contributed by atoms with Crippen molar-refractivity contribution in [2.75, 3.05) is 24.3 Å². The first-order valence-electron chi connectivity index (χ1n) is 6.93. The number of anilines is 2. The maximum absolute atomic E-state index is 12.1. The summed E-state index contributed by atoms with van der Waals surface area (Å²) in [5.41, 5.74) is 3.78. The molecule has 2 aromatic carbocycles. The Kier molecular flexibility index (Phi) is 5.28. The smallest absolute Gasteiger partial charge is 0.243 e. The Labute approximate surface area is 135 Å². The number of rotatable bonds is 5. The Morgan fingerprint density at radius 3 is 2.45 bits per heavy atom. The van der Waals surface area contributed by atoms with Gasteiger partial charge in [-0.3, -0.25) is 4.79 Å². The van der Waals surface area contributed by atoms with Gasteiger partial charge in [0.15, 0.2) is 0 Å². The Morgan fingerprint density at radius 1 is 1.14 bits per heavy atom. The lowest BCUT2D eigenvalue weighted by Gasteiger charge is -2.12. The van der Waals surface area contributed by atoms with Crippen LogP contribution in [0.25, 0.3) is 0 Å². The molecule has 0 aliphatic carbocycles. The number of carbonyl (C=O) groups is 1. The minimum absolute atomic E-state index is 0.165. The fourth-order valence-corrected chi connectivity index (χ4v) is 2.40. The van der Waals surface area contributed by atoms with Gasteiger partial charge in [0.25, 0.3) is 0 Å². The molecule has 0 aliphatic heterocycles. The van der Waals surface area contributed by atoms with Gasteiger partial charge in [0, 0.05) is 10.7 Å². The molecule has 116 valence electrons. The van der Waals surface area contributed by atoms with Crippen LogP contribution in [0.2, 0.25) is 5.02 Å². The van der Waals surface area contributed by atoms with Gasteiger partial charge in [0.1, 0.15) is 5.75 Å². The summed E-state index contributed by atoms with van der Waals surface area (Å²) in [6.07, 6.45) is 0. The highest BCUT2D eigenvalue weighted by Crippen LogP contribution is 2.27. The van der Waals surface area contributed by atoms with Gasteiger partial charge < -0.3 is 15.4 Å². The fourth-order valence-electron chi connectivity index (χ4n) is 2.23. The summed E-state index contributed by atoms with van der Waals surface area (Å²) in [7, 11) is 1.55. The number of aryl methyl sites for hydroxylation is 2. The monoisotopic (exact) mass is 318 g/mol. The van der Waals surface area contributed by atoms with Crippen molar-refractivity contribution < 1.29 is 9.53 Å². The van der Waals surface area contributed by atoms with Gasteiger partial charge in [0.2, 0.25) is 5.91 Å². The van der Waals surface area contributed by atoms with Gasteiger partial charge in [-0.05, 0) is 55.3 Å². The van der Waals surface area contributed by atoms with E-state index in [2.05, 4.69) is 16.7 Å². The SMILES string of the molecule is COc1ccc(Cl)cc1NC(=O)CNc1cc(C)cc(C)c1. The molecule has 0 fully saturated rings. The van der Waals surface area contributed by atoms with E-state index in [1.165, 1.54) is 0 Å². The number of methoxy groups -OCH3 is 1. The van der Waals surface area contributed by atoms with Crippen molar-refractivity contribution in [3.8, 4) is 5.75 Å². The molecule has 5 heteroatoms. The highest BCUT2D eigenvalue weighted by atomic mass is 35.5. The second kappa shape index (κ2) is 7.18. The summed E-state index contributed by atoms with van der Waals surface area (Å²) < 4.78 is 5.20. The van der Waals surface area contributed by atoms with E-state index < -0.39 is 0 Å². The minimum Gasteiger partial charge on any atom is -0.495 e. The Morgan fingerprint density at radius 2 is 1.82 bits per heavy atom. The Hall–Kier alpha value is -2.20. The van der Waals surface area contributed by atoms with Crippen LogP contribution < -0.4 is 15.4 Å². The van der Waals surface area contributed by atoms with Crippen LogP contribution in [0, 0.1) is 13.8 Å². The molecule has 2 N–H and O–H groups in total. The van der Waals surface area contributed by atoms with Crippen LogP contribution in [0.15, 0.2) is 36.4 Å². The van der Waals surface area contributed by atoms with E-state index in [9.17, 15) is 4.79 Å². The molecular weight excluding hydrogens is 300 g/mol. The predicted molar refractivity (Wildman–Crippen MR) is 91.0 cm³/mol. The number of nitrogens with one attached hydrogen (secondary N) is 2. The van der Waals surface area contributed by atoms with E-state index in [1.54, 1.807) is 25.3 Å². The molecule has 0 spiro atoms. The normalized spacial score (nSPS) is 10.2. The first-order valence-corrected chi connectivity index (χ1v) is 7.31. The van der Waals surface area contributed by atoms with Crippen molar-refractivity contribution in [1.82, 2.24) is 0 Å². The van der Waals surface area contributed by atoms with Gasteiger partial charge in [-0.15, -0.1) is 0 Å². The van der Waals surface area contributed by atoms with Crippen molar-refractivity contribution in [3.05, 3.63) is 52.5 Å². The van der Waals surface area contributed by atoms with E-state index in [0.717, 1.165) is 16.8 Å². The van der Waals surface area contributed by atoms with Crippen molar-refractivity contribution >= 4 is 28.9 Å². The number of hydrogen-bond acceptors (Lipinski definition) is 3. The molecule has 0 aromatic heterocycles. The molecule has 22 heavy (non-hydrogen) atoms. The second-order valence-electron chi connectivity index (χ2n) is 5.12. The highest BCUT2D eigenvalue weighted by Gasteiger charge is 2.08. The predicted octanol–water partition coefficient (Wildman–Crippen LogP) is 4.02. The molecule has 0 saturated carbocycles. The lowest BCUT2D eigenvalue weighted by atomic mass is 10.1. The van der Waals surface area contributed by atoms with Gasteiger partial charge in [0.05, 0.1) is 19.3 Å². The number of ether oxygens (including phenoxy) is 1. The number of benzene rings is 2. The number of amides is 1. The summed E-state index contributed by atoms with van der Waals surface area (Å²) in [5.74, 6) is 0.406. The van der Waals surface area contributed by atoms with Crippen LogP contribution in [0.4, 0.5) is 11.4 Å². The molecule has 0 unspecified atom stereocenters. The van der Waals surface area contributed by atoms with Crippen molar-refractivity contribution in [3.63, 3.8) is 0 Å². The summed E-state index contributed by atoms with van der Waals surface area (Å²) in [6.45, 7) is 4.21. The quantitative estimate of drug-likeness (QED) is 0.875. The molecule has 0 radical (unpaired) electrons. The van der Waals surface area contributed by atoms with E-state index in [0.29, 0.717) is 16.5 Å². The minimum atomic E-state index is -0.167. The first-order chi connectivity index (χ1) is 10.5. The Balaban J connectivity index is 2.00. The lowest BCUT2D eigenvalue weighted by Crippen LogP contribution is -2.22. The van der Waals surface area contributed by atoms with Crippen molar-refractivity contribution in [2.24, 2.45) is 0 Å². The average Bonchev–Trinajstić information content (AvgIpc) is 2.44. The van der Waals surface area contributed by atoms with Crippen molar-refractivity contribution in [1.29, 1.82) is 0 Å². The van der Waals surface area contributed by atoms with Crippen LogP contribution in [0.1, 0.15) is 11.1 Å². The van der Waals surface area contributed by atoms with Crippen LogP contribution >= 0.6 is 11.6 Å². The summed E-state index contributed by atoms with van der Waals surface area (Å²) >= 11 is 5.94. The van der Waals surface area contributed by atoms with E-state index in [-0.39, 0.29) is 12.5 Å². The molecule has 1 amide bonds. The zero-order valence-electron chi connectivity index (χ0n) is 12.9. The zero-order chi connectivity index (χ0) is 16.1. The summed E-state index contributed by atoms with van der Waals surface area (Å²) in [6, 6.07) is 11.2. The van der Waals surface area contributed by atoms with Gasteiger partial charge in [-0.1, -0.05) is 17.7 Å². The summed E-state index contributed by atoms with van der Waals surface area (Å²) in [4.78, 5) is 12.1. The topological polar surface area (TPSA) is 50.4 Å². The van der Waals surface area contributed by atoms with Gasteiger partial charge in [-0.25, -0.2) is 0 Å². The lowest BCUT2D eigenvalue weighted by molar-refractivity contribution is -0.114. The van der Waals surface area contributed by atoms with E-state index >= 15 is 0 Å². The van der Waals surface area contributed by atoms with Crippen LogP contribution in [-0.4, -0.2) is 19.6 Å². The van der Waals surface area contributed by atoms with Crippen molar-refractivity contribution in [2.45, 2.75) is 13.8 Å². The van der Waals surface area contributed by atoms with E-state index in [1.807, 2.05) is 26.0 Å². The number of carbonyl (C=O) groups excluding carboxylic acids is 1. The second-order valence-corrected chi connectivity index (χ2v) is 5.56. The molecule has 0 heterocycles. The summed E-state index contributed by atoms with van der Waals surface area (Å²) in [5, 5.41) is 6.44. The van der Waals surface area contributed by atoms with Gasteiger partial charge >= 0.3 is 0 Å². The molecule has 0 aliphatic rings. The highest BCUT2D eigenvalue weighted by molar-refractivity contribution is 6.31. The molecule has 0 saturated heterocycles. The fraction of sp³-hybridized carbons (Fsp3) is 0.235. The molecule has 2 aromatic rings. The molecule has 0 atom stereocenters. The zero-order valence-corrected chi connectivity index (χ0v) is 13.6. The standard InChI is InChI=1S/C17H19ClN2O2/c1-11-6-12(2)8-14(7-11)19-10-17(21)20-15-9-13(18)4-5-16(15)22-3/h4-9,19H,10H2,1-3H3,(H,20,21). The third kappa shape index (κ3) is 4.40. The van der Waals surface area contributed by atoms with E-state index in [4.69, 9.17) is 16.3 Å². The maximum Gasteiger partial charge on any atom is 0.243 e. The molecule has 4 nitrogen and oxygen atoms in total. The third-order valence-corrected chi connectivity index (χ3v) is 3.35. The van der Waals surface area contributed by atoms with Crippen LogP contribution in [0.3, 0.4) is 0 Å². The largest absolute Gasteiger partial charge is 0.495 e. The van der Waals surface area contributed by atoms with Gasteiger partial charge in [-0.2, -0.15) is 0 Å². The third-order valence-electron chi connectivity index (χ3n) is 3.11. The molecular formula is C17H19ClN2O2. The molecule has 2 rings (SSSR count). The number of halogens is 1. The first kappa shape index (κ1) is 16.2. The average molecular weight is 319 g/mol. The van der Waals surface area contributed by atoms with Crippen LogP contribution in [0.5, 0.6) is 5.75 Å².